The summed E-state index contributed by atoms with van der Waals surface area (Å²) in [6.07, 6.45) is 3.50. The highest BCUT2D eigenvalue weighted by Crippen LogP contribution is 2.25. The molecular formula is C20H21N3O2. The van der Waals surface area contributed by atoms with Crippen molar-refractivity contribution >= 4 is 11.6 Å². The zero-order valence-electron chi connectivity index (χ0n) is 14.3. The van der Waals surface area contributed by atoms with Crippen LogP contribution in [0.4, 0.5) is 5.69 Å². The number of rotatable bonds is 6. The third-order valence-electron chi connectivity index (χ3n) is 3.61. The van der Waals surface area contributed by atoms with Gasteiger partial charge in [-0.2, -0.15) is 5.10 Å². The molecule has 0 radical (unpaired) electrons. The first-order valence-corrected chi connectivity index (χ1v) is 8.27. The summed E-state index contributed by atoms with van der Waals surface area (Å²) in [5.41, 5.74) is 1.93. The average molecular weight is 335 g/mol. The van der Waals surface area contributed by atoms with Gasteiger partial charge in [0, 0.05) is 12.4 Å². The molecule has 5 heteroatoms. The second kappa shape index (κ2) is 7.66. The zero-order chi connectivity index (χ0) is 17.6. The second-order valence-corrected chi connectivity index (χ2v) is 6.12. The molecule has 0 fully saturated rings. The molecule has 1 aromatic heterocycles. The Kier molecular flexibility index (Phi) is 5.14. The van der Waals surface area contributed by atoms with E-state index in [4.69, 9.17) is 4.74 Å². The van der Waals surface area contributed by atoms with Crippen LogP contribution >= 0.6 is 0 Å². The minimum absolute atomic E-state index is 0.202. The molecule has 0 unspecified atom stereocenters. The largest absolute Gasteiger partial charge is 0.491 e. The molecule has 3 rings (SSSR count). The van der Waals surface area contributed by atoms with E-state index >= 15 is 0 Å². The zero-order valence-corrected chi connectivity index (χ0v) is 14.3. The fourth-order valence-electron chi connectivity index (χ4n) is 2.42. The normalized spacial score (nSPS) is 10.7. The van der Waals surface area contributed by atoms with Crippen LogP contribution in [0.25, 0.3) is 5.69 Å². The fraction of sp³-hybridized carbons (Fsp3) is 0.200. The molecule has 3 aromatic rings. The predicted molar refractivity (Wildman–Crippen MR) is 98.3 cm³/mol. The number of ether oxygens (including phenoxy) is 1. The van der Waals surface area contributed by atoms with Crippen LogP contribution in [-0.2, 0) is 0 Å². The fourth-order valence-corrected chi connectivity index (χ4v) is 2.42. The van der Waals surface area contributed by atoms with Crippen LogP contribution < -0.4 is 10.1 Å². The third-order valence-corrected chi connectivity index (χ3v) is 3.61. The van der Waals surface area contributed by atoms with Crippen molar-refractivity contribution in [2.75, 3.05) is 11.9 Å². The van der Waals surface area contributed by atoms with Crippen molar-refractivity contribution in [3.8, 4) is 11.4 Å². The van der Waals surface area contributed by atoms with Gasteiger partial charge in [0.05, 0.1) is 23.5 Å². The minimum Gasteiger partial charge on any atom is -0.491 e. The Morgan fingerprint density at radius 1 is 1.12 bits per heavy atom. The number of benzene rings is 2. The summed E-state index contributed by atoms with van der Waals surface area (Å²) in [5.74, 6) is 0.872. The summed E-state index contributed by atoms with van der Waals surface area (Å²) < 4.78 is 7.48. The Hall–Kier alpha value is -3.08. The summed E-state index contributed by atoms with van der Waals surface area (Å²) in [7, 11) is 0. The van der Waals surface area contributed by atoms with E-state index in [1.807, 2.05) is 54.7 Å². The number of nitrogens with one attached hydrogen (secondary N) is 1. The topological polar surface area (TPSA) is 56.1 Å². The van der Waals surface area contributed by atoms with Crippen LogP contribution in [0.3, 0.4) is 0 Å². The van der Waals surface area contributed by atoms with Gasteiger partial charge in [0.2, 0.25) is 0 Å². The van der Waals surface area contributed by atoms with Gasteiger partial charge in [-0.25, -0.2) is 4.68 Å². The number of carbonyl (C=O) groups excluding carboxylic acids is 1. The van der Waals surface area contributed by atoms with E-state index in [0.717, 1.165) is 5.69 Å². The van der Waals surface area contributed by atoms with Crippen molar-refractivity contribution in [1.82, 2.24) is 9.78 Å². The quantitative estimate of drug-likeness (QED) is 0.736. The second-order valence-electron chi connectivity index (χ2n) is 6.12. The maximum Gasteiger partial charge on any atom is 0.257 e. The van der Waals surface area contributed by atoms with Gasteiger partial charge in [0.25, 0.3) is 5.91 Å². The van der Waals surface area contributed by atoms with Gasteiger partial charge in [-0.15, -0.1) is 0 Å². The summed E-state index contributed by atoms with van der Waals surface area (Å²) in [5, 5.41) is 7.16. The molecule has 0 aliphatic rings. The van der Waals surface area contributed by atoms with Crippen molar-refractivity contribution in [2.24, 2.45) is 5.92 Å². The standard InChI is InChI=1S/C20H21N3O2/c1-15(2)14-25-19-11-6-4-9-17(19)22-20(24)16-8-3-5-10-18(16)23-13-7-12-21-23/h3-13,15H,14H2,1-2H3,(H,22,24). The Morgan fingerprint density at radius 3 is 2.64 bits per heavy atom. The number of nitrogens with zero attached hydrogens (tertiary/aromatic N) is 2. The number of amides is 1. The van der Waals surface area contributed by atoms with Crippen LogP contribution in [0.15, 0.2) is 67.0 Å². The summed E-state index contributed by atoms with van der Waals surface area (Å²) in [6.45, 7) is 4.76. The van der Waals surface area contributed by atoms with Gasteiger partial charge in [-0.3, -0.25) is 4.79 Å². The van der Waals surface area contributed by atoms with E-state index in [9.17, 15) is 4.79 Å². The summed E-state index contributed by atoms with van der Waals surface area (Å²) >= 11 is 0. The predicted octanol–water partition coefficient (Wildman–Crippen LogP) is 4.16. The van der Waals surface area contributed by atoms with Crippen LogP contribution in [0.1, 0.15) is 24.2 Å². The number of para-hydroxylation sites is 3. The van der Waals surface area contributed by atoms with Crippen molar-refractivity contribution < 1.29 is 9.53 Å². The molecule has 0 bridgehead atoms. The van der Waals surface area contributed by atoms with E-state index in [2.05, 4.69) is 24.3 Å². The molecule has 1 amide bonds. The van der Waals surface area contributed by atoms with Gasteiger partial charge in [0.1, 0.15) is 5.75 Å². The highest BCUT2D eigenvalue weighted by molar-refractivity contribution is 6.07. The SMILES string of the molecule is CC(C)COc1ccccc1NC(=O)c1ccccc1-n1cccn1. The lowest BCUT2D eigenvalue weighted by Crippen LogP contribution is -2.16. The third kappa shape index (κ3) is 4.07. The van der Waals surface area contributed by atoms with Crippen LogP contribution in [0.5, 0.6) is 5.75 Å². The average Bonchev–Trinajstić information content (AvgIpc) is 3.15. The van der Waals surface area contributed by atoms with Gasteiger partial charge in [-0.05, 0) is 36.2 Å². The lowest BCUT2D eigenvalue weighted by Gasteiger charge is -2.15. The lowest BCUT2D eigenvalue weighted by atomic mass is 10.1. The molecular weight excluding hydrogens is 314 g/mol. The van der Waals surface area contributed by atoms with Crippen LogP contribution in [0, 0.1) is 5.92 Å². The van der Waals surface area contributed by atoms with Gasteiger partial charge in [-0.1, -0.05) is 38.1 Å². The molecule has 0 aliphatic carbocycles. The Labute approximate surface area is 147 Å². The van der Waals surface area contributed by atoms with E-state index in [1.54, 1.807) is 16.9 Å². The molecule has 0 atom stereocenters. The number of carbonyl (C=O) groups is 1. The minimum atomic E-state index is -0.202. The molecule has 0 saturated heterocycles. The highest BCUT2D eigenvalue weighted by atomic mass is 16.5. The molecule has 25 heavy (non-hydrogen) atoms. The van der Waals surface area contributed by atoms with Gasteiger partial charge >= 0.3 is 0 Å². The van der Waals surface area contributed by atoms with E-state index < -0.39 is 0 Å². The van der Waals surface area contributed by atoms with E-state index in [1.165, 1.54) is 0 Å². The molecule has 128 valence electrons. The highest BCUT2D eigenvalue weighted by Gasteiger charge is 2.14. The summed E-state index contributed by atoms with van der Waals surface area (Å²) in [4.78, 5) is 12.8. The number of hydrogen-bond acceptors (Lipinski definition) is 3. The van der Waals surface area contributed by atoms with Crippen LogP contribution in [0.2, 0.25) is 0 Å². The Balaban J connectivity index is 1.85. The monoisotopic (exact) mass is 335 g/mol. The molecule has 2 aromatic carbocycles. The first-order chi connectivity index (χ1) is 12.1. The number of hydrogen-bond donors (Lipinski definition) is 1. The molecule has 1 N–H and O–H groups in total. The first kappa shape index (κ1) is 16.8. The smallest absolute Gasteiger partial charge is 0.257 e. The van der Waals surface area contributed by atoms with Crippen molar-refractivity contribution in [2.45, 2.75) is 13.8 Å². The number of aromatic nitrogens is 2. The number of anilines is 1. The van der Waals surface area contributed by atoms with Gasteiger partial charge < -0.3 is 10.1 Å². The maximum absolute atomic E-state index is 12.8. The van der Waals surface area contributed by atoms with Gasteiger partial charge in [0.15, 0.2) is 0 Å². The molecule has 0 spiro atoms. The van der Waals surface area contributed by atoms with E-state index in [0.29, 0.717) is 29.5 Å². The molecule has 1 heterocycles. The van der Waals surface area contributed by atoms with Crippen molar-refractivity contribution in [3.63, 3.8) is 0 Å². The van der Waals surface area contributed by atoms with Crippen molar-refractivity contribution in [3.05, 3.63) is 72.6 Å². The Morgan fingerprint density at radius 2 is 1.88 bits per heavy atom. The first-order valence-electron chi connectivity index (χ1n) is 8.27. The molecule has 0 saturated carbocycles. The van der Waals surface area contributed by atoms with E-state index in [-0.39, 0.29) is 5.91 Å². The van der Waals surface area contributed by atoms with Crippen molar-refractivity contribution in [1.29, 1.82) is 0 Å². The molecule has 5 nitrogen and oxygen atoms in total. The summed E-state index contributed by atoms with van der Waals surface area (Å²) in [6, 6.07) is 16.6. The maximum atomic E-state index is 12.8. The molecule has 0 aliphatic heterocycles. The Bertz CT molecular complexity index is 842. The van der Waals surface area contributed by atoms with Crippen LogP contribution in [-0.4, -0.2) is 22.3 Å². The lowest BCUT2D eigenvalue weighted by molar-refractivity contribution is 0.102.